The van der Waals surface area contributed by atoms with Crippen LogP contribution in [0.1, 0.15) is 45.1 Å². The molecule has 1 saturated heterocycles. The smallest absolute Gasteiger partial charge is 0.226 e. The molecule has 5 heteroatoms. The minimum Gasteiger partial charge on any atom is -0.342 e. The third-order valence-electron chi connectivity index (χ3n) is 5.19. The summed E-state index contributed by atoms with van der Waals surface area (Å²) in [6, 6.07) is 6.72. The first kappa shape index (κ1) is 17.9. The van der Waals surface area contributed by atoms with Gasteiger partial charge in [0.05, 0.1) is 0 Å². The van der Waals surface area contributed by atoms with E-state index in [1.807, 2.05) is 23.6 Å². The van der Waals surface area contributed by atoms with E-state index >= 15 is 0 Å². The minimum absolute atomic E-state index is 0.00254. The Morgan fingerprint density at radius 1 is 1.12 bits per heavy atom. The van der Waals surface area contributed by atoms with Gasteiger partial charge in [-0.1, -0.05) is 26.0 Å². The SMILES string of the molecule is CC(C)C(=O)N1CCC(C(=O)N(Cc2ccc(F)cc2)C2CC2)CC1. The summed E-state index contributed by atoms with van der Waals surface area (Å²) >= 11 is 0. The maximum atomic E-state index is 13.1. The lowest BCUT2D eigenvalue weighted by atomic mass is 9.94. The van der Waals surface area contributed by atoms with Crippen LogP contribution in [0.4, 0.5) is 4.39 Å². The number of rotatable bonds is 5. The van der Waals surface area contributed by atoms with Crippen molar-refractivity contribution in [2.75, 3.05) is 13.1 Å². The highest BCUT2D eigenvalue weighted by Gasteiger charge is 2.37. The average molecular weight is 346 g/mol. The maximum absolute atomic E-state index is 13.1. The molecule has 1 heterocycles. The molecule has 0 radical (unpaired) electrons. The molecule has 1 aromatic rings. The molecule has 0 N–H and O–H groups in total. The van der Waals surface area contributed by atoms with Crippen LogP contribution in [-0.4, -0.2) is 40.7 Å². The first-order chi connectivity index (χ1) is 12.0. The van der Waals surface area contributed by atoms with Crippen LogP contribution in [0, 0.1) is 17.7 Å². The van der Waals surface area contributed by atoms with E-state index in [2.05, 4.69) is 0 Å². The first-order valence-electron chi connectivity index (χ1n) is 9.29. The van der Waals surface area contributed by atoms with Crippen molar-refractivity contribution in [1.82, 2.24) is 9.80 Å². The second-order valence-corrected chi connectivity index (χ2v) is 7.58. The van der Waals surface area contributed by atoms with E-state index in [0.717, 1.165) is 31.2 Å². The summed E-state index contributed by atoms with van der Waals surface area (Å²) in [6.07, 6.45) is 3.59. The fraction of sp³-hybridized carbons (Fsp3) is 0.600. The van der Waals surface area contributed by atoms with Gasteiger partial charge in [-0.05, 0) is 43.4 Å². The summed E-state index contributed by atoms with van der Waals surface area (Å²) in [5.41, 5.74) is 0.967. The van der Waals surface area contributed by atoms with Crippen molar-refractivity contribution in [2.45, 2.75) is 52.1 Å². The Bertz CT molecular complexity index is 617. The lowest BCUT2D eigenvalue weighted by Crippen LogP contribution is -2.45. The third-order valence-corrected chi connectivity index (χ3v) is 5.19. The molecule has 1 saturated carbocycles. The lowest BCUT2D eigenvalue weighted by Gasteiger charge is -2.35. The zero-order valence-electron chi connectivity index (χ0n) is 15.1. The van der Waals surface area contributed by atoms with Crippen molar-refractivity contribution in [3.8, 4) is 0 Å². The van der Waals surface area contributed by atoms with Gasteiger partial charge >= 0.3 is 0 Å². The monoisotopic (exact) mass is 346 g/mol. The van der Waals surface area contributed by atoms with E-state index in [-0.39, 0.29) is 29.5 Å². The molecular formula is C20H27FN2O2. The van der Waals surface area contributed by atoms with Crippen molar-refractivity contribution < 1.29 is 14.0 Å². The highest BCUT2D eigenvalue weighted by Crippen LogP contribution is 2.32. The average Bonchev–Trinajstić information content (AvgIpc) is 3.45. The highest BCUT2D eigenvalue weighted by atomic mass is 19.1. The molecule has 25 heavy (non-hydrogen) atoms. The van der Waals surface area contributed by atoms with E-state index in [9.17, 15) is 14.0 Å². The zero-order valence-corrected chi connectivity index (χ0v) is 15.1. The number of nitrogens with zero attached hydrogens (tertiary/aromatic N) is 2. The van der Waals surface area contributed by atoms with Crippen LogP contribution in [-0.2, 0) is 16.1 Å². The third kappa shape index (κ3) is 4.39. The van der Waals surface area contributed by atoms with Crippen LogP contribution in [0.5, 0.6) is 0 Å². The number of carbonyl (C=O) groups excluding carboxylic acids is 2. The number of halogens is 1. The lowest BCUT2D eigenvalue weighted by molar-refractivity contribution is -0.142. The van der Waals surface area contributed by atoms with Gasteiger partial charge in [-0.15, -0.1) is 0 Å². The van der Waals surface area contributed by atoms with Gasteiger partial charge in [-0.25, -0.2) is 4.39 Å². The minimum atomic E-state index is -0.254. The maximum Gasteiger partial charge on any atom is 0.226 e. The number of piperidine rings is 1. The van der Waals surface area contributed by atoms with Crippen molar-refractivity contribution >= 4 is 11.8 Å². The number of hydrogen-bond acceptors (Lipinski definition) is 2. The number of benzene rings is 1. The molecule has 0 bridgehead atoms. The Kier molecular flexibility index (Phi) is 5.40. The first-order valence-corrected chi connectivity index (χ1v) is 9.29. The van der Waals surface area contributed by atoms with E-state index in [1.165, 1.54) is 12.1 Å². The van der Waals surface area contributed by atoms with Crippen LogP contribution < -0.4 is 0 Å². The predicted molar refractivity (Wildman–Crippen MR) is 94.1 cm³/mol. The number of amides is 2. The molecular weight excluding hydrogens is 319 g/mol. The molecule has 3 rings (SSSR count). The highest BCUT2D eigenvalue weighted by molar-refractivity contribution is 5.81. The molecule has 2 fully saturated rings. The molecule has 136 valence electrons. The van der Waals surface area contributed by atoms with Crippen LogP contribution in [0.2, 0.25) is 0 Å². The van der Waals surface area contributed by atoms with Crippen molar-refractivity contribution in [2.24, 2.45) is 11.8 Å². The molecule has 1 aromatic carbocycles. The molecule has 1 aliphatic heterocycles. The van der Waals surface area contributed by atoms with Gasteiger partial charge in [0.1, 0.15) is 5.82 Å². The Balaban J connectivity index is 1.60. The summed E-state index contributed by atoms with van der Waals surface area (Å²) in [5.74, 6) is 0.126. The Morgan fingerprint density at radius 2 is 1.72 bits per heavy atom. The molecule has 0 atom stereocenters. The van der Waals surface area contributed by atoms with E-state index in [1.54, 1.807) is 12.1 Å². The Hall–Kier alpha value is -1.91. The summed E-state index contributed by atoms with van der Waals surface area (Å²) in [5, 5.41) is 0. The normalized spacial score (nSPS) is 18.5. The Morgan fingerprint density at radius 3 is 2.24 bits per heavy atom. The fourth-order valence-corrected chi connectivity index (χ4v) is 3.51. The number of likely N-dealkylation sites (tertiary alicyclic amines) is 1. The van der Waals surface area contributed by atoms with Crippen molar-refractivity contribution in [3.63, 3.8) is 0 Å². The van der Waals surface area contributed by atoms with Crippen LogP contribution in [0.25, 0.3) is 0 Å². The molecule has 2 amide bonds. The van der Waals surface area contributed by atoms with E-state index in [0.29, 0.717) is 25.7 Å². The fourth-order valence-electron chi connectivity index (χ4n) is 3.51. The van der Waals surface area contributed by atoms with Gasteiger partial charge in [-0.3, -0.25) is 9.59 Å². The van der Waals surface area contributed by atoms with Gasteiger partial charge in [0.15, 0.2) is 0 Å². The van der Waals surface area contributed by atoms with Crippen molar-refractivity contribution in [3.05, 3.63) is 35.6 Å². The van der Waals surface area contributed by atoms with E-state index in [4.69, 9.17) is 0 Å². The number of carbonyl (C=O) groups is 2. The Labute approximate surface area is 149 Å². The van der Waals surface area contributed by atoms with Crippen molar-refractivity contribution in [1.29, 1.82) is 0 Å². The molecule has 4 nitrogen and oxygen atoms in total. The quantitative estimate of drug-likeness (QED) is 0.821. The second-order valence-electron chi connectivity index (χ2n) is 7.58. The zero-order chi connectivity index (χ0) is 18.0. The van der Waals surface area contributed by atoms with Gasteiger partial charge in [0.25, 0.3) is 0 Å². The summed E-state index contributed by atoms with van der Waals surface area (Å²) in [6.45, 7) is 5.72. The largest absolute Gasteiger partial charge is 0.342 e. The molecule has 0 aromatic heterocycles. The molecule has 1 aliphatic carbocycles. The van der Waals surface area contributed by atoms with Crippen LogP contribution in [0.15, 0.2) is 24.3 Å². The van der Waals surface area contributed by atoms with Crippen LogP contribution in [0.3, 0.4) is 0 Å². The summed E-state index contributed by atoms with van der Waals surface area (Å²) in [4.78, 5) is 29.0. The van der Waals surface area contributed by atoms with E-state index < -0.39 is 0 Å². The van der Waals surface area contributed by atoms with Crippen LogP contribution >= 0.6 is 0 Å². The number of hydrogen-bond donors (Lipinski definition) is 0. The van der Waals surface area contributed by atoms with Gasteiger partial charge in [0, 0.05) is 37.5 Å². The second kappa shape index (κ2) is 7.54. The standard InChI is InChI=1S/C20H27FN2O2/c1-14(2)19(24)22-11-9-16(10-12-22)20(25)23(18-7-8-18)13-15-3-5-17(21)6-4-15/h3-6,14,16,18H,7-13H2,1-2H3. The topological polar surface area (TPSA) is 40.6 Å². The molecule has 0 unspecified atom stereocenters. The predicted octanol–water partition coefficient (Wildman–Crippen LogP) is 3.21. The van der Waals surface area contributed by atoms with Gasteiger partial charge < -0.3 is 9.80 Å². The summed E-state index contributed by atoms with van der Waals surface area (Å²) < 4.78 is 13.1. The molecule has 2 aliphatic rings. The summed E-state index contributed by atoms with van der Waals surface area (Å²) in [7, 11) is 0. The van der Waals surface area contributed by atoms with Gasteiger partial charge in [0.2, 0.25) is 11.8 Å². The van der Waals surface area contributed by atoms with Gasteiger partial charge in [-0.2, -0.15) is 0 Å². The molecule has 0 spiro atoms.